The van der Waals surface area contributed by atoms with Gasteiger partial charge >= 0.3 is 0 Å². The lowest BCUT2D eigenvalue weighted by Crippen LogP contribution is -2.39. The number of amides is 1. The maximum atomic E-state index is 12.3. The van der Waals surface area contributed by atoms with Crippen molar-refractivity contribution in [2.45, 2.75) is 31.1 Å². The van der Waals surface area contributed by atoms with E-state index in [2.05, 4.69) is 6.92 Å². The number of rotatable bonds is 4. The Morgan fingerprint density at radius 3 is 2.45 bits per heavy atom. The van der Waals surface area contributed by atoms with E-state index >= 15 is 0 Å². The minimum Gasteiger partial charge on any atom is -0.342 e. The lowest BCUT2D eigenvalue weighted by atomic mass is 9.99. The average molecular weight is 324 g/mol. The molecule has 122 valence electrons. The van der Waals surface area contributed by atoms with Crippen molar-refractivity contribution in [3.63, 3.8) is 0 Å². The summed E-state index contributed by atoms with van der Waals surface area (Å²) in [4.78, 5) is 14.5. The third-order valence-electron chi connectivity index (χ3n) is 4.07. The van der Waals surface area contributed by atoms with Crippen LogP contribution in [0.2, 0.25) is 0 Å². The summed E-state index contributed by atoms with van der Waals surface area (Å²) in [7, 11) is -0.403. The van der Waals surface area contributed by atoms with Crippen molar-refractivity contribution in [2.75, 3.05) is 27.2 Å². The van der Waals surface area contributed by atoms with Gasteiger partial charge in [-0.3, -0.25) is 4.79 Å². The molecule has 2 rings (SSSR count). The number of likely N-dealkylation sites (tertiary alicyclic amines) is 1. The molecule has 1 aromatic rings. The van der Waals surface area contributed by atoms with Crippen LogP contribution in [-0.2, 0) is 21.2 Å². The number of carbonyl (C=O) groups is 1. The van der Waals surface area contributed by atoms with E-state index in [0.717, 1.165) is 25.1 Å². The van der Waals surface area contributed by atoms with E-state index in [-0.39, 0.29) is 10.8 Å². The van der Waals surface area contributed by atoms with Crippen LogP contribution in [0.4, 0.5) is 0 Å². The lowest BCUT2D eigenvalue weighted by molar-refractivity contribution is -0.132. The minimum atomic E-state index is -3.41. The van der Waals surface area contributed by atoms with Crippen LogP contribution in [0.1, 0.15) is 25.3 Å². The van der Waals surface area contributed by atoms with Gasteiger partial charge in [0, 0.05) is 27.2 Å². The number of hydrogen-bond donors (Lipinski definition) is 0. The zero-order chi connectivity index (χ0) is 16.3. The standard InChI is InChI=1S/C16H24N2O3S/c1-13-5-4-10-18(12-13)16(19)11-14-6-8-15(9-7-14)22(20,21)17(2)3/h6-9,13H,4-5,10-12H2,1-3H3. The van der Waals surface area contributed by atoms with E-state index in [1.807, 2.05) is 4.90 Å². The molecule has 1 saturated heterocycles. The molecule has 6 heteroatoms. The first-order valence-corrected chi connectivity index (χ1v) is 9.04. The summed E-state index contributed by atoms with van der Waals surface area (Å²) in [6, 6.07) is 6.58. The summed E-state index contributed by atoms with van der Waals surface area (Å²) in [6.07, 6.45) is 2.57. The van der Waals surface area contributed by atoms with Gasteiger partial charge in [-0.05, 0) is 36.5 Å². The largest absolute Gasteiger partial charge is 0.342 e. The van der Waals surface area contributed by atoms with Crippen LogP contribution in [0.3, 0.4) is 0 Å². The first-order chi connectivity index (χ1) is 10.3. The maximum Gasteiger partial charge on any atom is 0.242 e. The highest BCUT2D eigenvalue weighted by molar-refractivity contribution is 7.89. The Kier molecular flexibility index (Phi) is 5.24. The normalized spacial score (nSPS) is 19.5. The molecule has 0 saturated carbocycles. The Bertz CT molecular complexity index is 623. The lowest BCUT2D eigenvalue weighted by Gasteiger charge is -2.31. The predicted octanol–water partition coefficient (Wildman–Crippen LogP) is 1.74. The molecule has 1 aliphatic heterocycles. The zero-order valence-corrected chi connectivity index (χ0v) is 14.3. The predicted molar refractivity (Wildman–Crippen MR) is 86.0 cm³/mol. The first-order valence-electron chi connectivity index (χ1n) is 7.60. The molecular weight excluding hydrogens is 300 g/mol. The van der Waals surface area contributed by atoms with Gasteiger partial charge < -0.3 is 4.90 Å². The molecule has 0 aliphatic carbocycles. The van der Waals surface area contributed by atoms with E-state index in [1.54, 1.807) is 24.3 Å². The topological polar surface area (TPSA) is 57.7 Å². The molecule has 0 aromatic heterocycles. The summed E-state index contributed by atoms with van der Waals surface area (Å²) in [5, 5.41) is 0. The second-order valence-electron chi connectivity index (χ2n) is 6.20. The Morgan fingerprint density at radius 1 is 1.27 bits per heavy atom. The quantitative estimate of drug-likeness (QED) is 0.847. The van der Waals surface area contributed by atoms with Crippen molar-refractivity contribution in [1.29, 1.82) is 0 Å². The van der Waals surface area contributed by atoms with Crippen molar-refractivity contribution in [2.24, 2.45) is 5.92 Å². The molecule has 0 spiro atoms. The Hall–Kier alpha value is -1.40. The highest BCUT2D eigenvalue weighted by atomic mass is 32.2. The molecule has 1 fully saturated rings. The molecule has 22 heavy (non-hydrogen) atoms. The fraction of sp³-hybridized carbons (Fsp3) is 0.562. The third-order valence-corrected chi connectivity index (χ3v) is 5.90. The highest BCUT2D eigenvalue weighted by Gasteiger charge is 2.21. The Labute approximate surface area is 133 Å². The number of hydrogen-bond acceptors (Lipinski definition) is 3. The number of sulfonamides is 1. The van der Waals surface area contributed by atoms with Gasteiger partial charge in [-0.25, -0.2) is 12.7 Å². The van der Waals surface area contributed by atoms with Crippen molar-refractivity contribution in [3.8, 4) is 0 Å². The SMILES string of the molecule is CC1CCCN(C(=O)Cc2ccc(S(=O)(=O)N(C)C)cc2)C1. The van der Waals surface area contributed by atoms with Gasteiger partial charge in [-0.2, -0.15) is 0 Å². The molecular formula is C16H24N2O3S. The third kappa shape index (κ3) is 3.87. The summed E-state index contributed by atoms with van der Waals surface area (Å²) in [5.41, 5.74) is 0.848. The molecule has 0 bridgehead atoms. The molecule has 1 aromatic carbocycles. The minimum absolute atomic E-state index is 0.120. The van der Waals surface area contributed by atoms with Crippen molar-refractivity contribution < 1.29 is 13.2 Å². The fourth-order valence-electron chi connectivity index (χ4n) is 2.69. The number of piperidine rings is 1. The van der Waals surface area contributed by atoms with Crippen LogP contribution in [0.25, 0.3) is 0 Å². The molecule has 0 radical (unpaired) electrons. The van der Waals surface area contributed by atoms with Gasteiger partial charge in [0.2, 0.25) is 15.9 Å². The Balaban J connectivity index is 2.04. The van der Waals surface area contributed by atoms with E-state index in [0.29, 0.717) is 12.3 Å². The van der Waals surface area contributed by atoms with Gasteiger partial charge in [0.05, 0.1) is 11.3 Å². The Morgan fingerprint density at radius 2 is 1.91 bits per heavy atom. The van der Waals surface area contributed by atoms with Crippen LogP contribution in [0.15, 0.2) is 29.2 Å². The van der Waals surface area contributed by atoms with Crippen LogP contribution in [-0.4, -0.2) is 50.7 Å². The maximum absolute atomic E-state index is 12.3. The molecule has 1 aliphatic rings. The van der Waals surface area contributed by atoms with Gasteiger partial charge in [-0.15, -0.1) is 0 Å². The van der Waals surface area contributed by atoms with E-state index in [1.165, 1.54) is 24.8 Å². The number of benzene rings is 1. The zero-order valence-electron chi connectivity index (χ0n) is 13.4. The van der Waals surface area contributed by atoms with Crippen LogP contribution >= 0.6 is 0 Å². The van der Waals surface area contributed by atoms with Crippen molar-refractivity contribution in [1.82, 2.24) is 9.21 Å². The van der Waals surface area contributed by atoms with Crippen LogP contribution in [0, 0.1) is 5.92 Å². The second kappa shape index (κ2) is 6.79. The summed E-state index contributed by atoms with van der Waals surface area (Å²) < 4.78 is 25.2. The molecule has 5 nitrogen and oxygen atoms in total. The summed E-state index contributed by atoms with van der Waals surface area (Å²) in [5.74, 6) is 0.681. The molecule has 1 amide bonds. The highest BCUT2D eigenvalue weighted by Crippen LogP contribution is 2.18. The van der Waals surface area contributed by atoms with Gasteiger partial charge in [0.1, 0.15) is 0 Å². The molecule has 1 unspecified atom stereocenters. The van der Waals surface area contributed by atoms with E-state index in [9.17, 15) is 13.2 Å². The summed E-state index contributed by atoms with van der Waals surface area (Å²) >= 11 is 0. The molecule has 1 atom stereocenters. The fourth-order valence-corrected chi connectivity index (χ4v) is 3.59. The molecule has 1 heterocycles. The van der Waals surface area contributed by atoms with Gasteiger partial charge in [-0.1, -0.05) is 19.1 Å². The van der Waals surface area contributed by atoms with Crippen LogP contribution < -0.4 is 0 Å². The summed E-state index contributed by atoms with van der Waals surface area (Å²) in [6.45, 7) is 3.82. The van der Waals surface area contributed by atoms with Gasteiger partial charge in [0.15, 0.2) is 0 Å². The van der Waals surface area contributed by atoms with E-state index < -0.39 is 10.0 Å². The van der Waals surface area contributed by atoms with Crippen molar-refractivity contribution >= 4 is 15.9 Å². The van der Waals surface area contributed by atoms with E-state index in [4.69, 9.17) is 0 Å². The smallest absolute Gasteiger partial charge is 0.242 e. The second-order valence-corrected chi connectivity index (χ2v) is 8.35. The van der Waals surface area contributed by atoms with Crippen LogP contribution in [0.5, 0.6) is 0 Å². The first kappa shape index (κ1) is 17.0. The molecule has 0 N–H and O–H groups in total. The monoisotopic (exact) mass is 324 g/mol. The number of carbonyl (C=O) groups excluding carboxylic acids is 1. The van der Waals surface area contributed by atoms with Crippen molar-refractivity contribution in [3.05, 3.63) is 29.8 Å². The number of nitrogens with zero attached hydrogens (tertiary/aromatic N) is 2. The average Bonchev–Trinajstić information content (AvgIpc) is 2.47. The van der Waals surface area contributed by atoms with Gasteiger partial charge in [0.25, 0.3) is 0 Å².